The first-order chi connectivity index (χ1) is 15.0. The zero-order valence-corrected chi connectivity index (χ0v) is 19.7. The van der Waals surface area contributed by atoms with Crippen LogP contribution >= 0.6 is 0 Å². The highest BCUT2D eigenvalue weighted by atomic mass is 19.1. The van der Waals surface area contributed by atoms with Crippen molar-refractivity contribution in [2.45, 2.75) is 71.6 Å². The molecule has 1 aromatic carbocycles. The molecule has 1 fully saturated rings. The van der Waals surface area contributed by atoms with Gasteiger partial charge in [-0.1, -0.05) is 6.92 Å². The molecule has 1 N–H and O–H groups in total. The quantitative estimate of drug-likeness (QED) is 0.688. The number of benzene rings is 1. The van der Waals surface area contributed by atoms with Crippen molar-refractivity contribution >= 4 is 28.7 Å². The van der Waals surface area contributed by atoms with Gasteiger partial charge in [-0.3, -0.25) is 4.68 Å². The number of nitrogens with zero attached hydrogens (tertiary/aromatic N) is 3. The van der Waals surface area contributed by atoms with E-state index >= 15 is 0 Å². The van der Waals surface area contributed by atoms with Crippen molar-refractivity contribution in [1.82, 2.24) is 15.1 Å². The summed E-state index contributed by atoms with van der Waals surface area (Å²) >= 11 is 0. The number of fused-ring (bicyclic) bond motifs is 1. The second kappa shape index (κ2) is 8.96. The summed E-state index contributed by atoms with van der Waals surface area (Å²) in [6.45, 7) is 11.3. The van der Waals surface area contributed by atoms with Crippen molar-refractivity contribution < 1.29 is 23.5 Å². The summed E-state index contributed by atoms with van der Waals surface area (Å²) in [7, 11) is 1.23. The highest BCUT2D eigenvalue weighted by molar-refractivity contribution is 6.07. The Balaban J connectivity index is 1.87. The number of hydrogen-bond acceptors (Lipinski definition) is 6. The molecule has 2 heterocycles. The fourth-order valence-corrected chi connectivity index (χ4v) is 4.16. The van der Waals surface area contributed by atoms with Crippen molar-refractivity contribution in [1.29, 1.82) is 0 Å². The molecule has 2 aromatic rings. The number of nitrogens with one attached hydrogen (secondary N) is 1. The van der Waals surface area contributed by atoms with Crippen LogP contribution in [0.15, 0.2) is 12.3 Å². The molecule has 8 nitrogen and oxygen atoms in total. The molecule has 0 unspecified atom stereocenters. The number of aromatic nitrogens is 2. The number of methoxy groups -OCH3 is 1. The van der Waals surface area contributed by atoms with E-state index in [1.54, 1.807) is 4.68 Å². The van der Waals surface area contributed by atoms with E-state index in [9.17, 15) is 14.0 Å². The van der Waals surface area contributed by atoms with E-state index in [1.165, 1.54) is 13.2 Å². The fourth-order valence-electron chi connectivity index (χ4n) is 4.16. The highest BCUT2D eigenvalue weighted by Gasteiger charge is 2.37. The molecule has 1 saturated heterocycles. The molecule has 1 aliphatic rings. The van der Waals surface area contributed by atoms with Crippen LogP contribution in [0.2, 0.25) is 0 Å². The summed E-state index contributed by atoms with van der Waals surface area (Å²) in [4.78, 5) is 26.6. The Morgan fingerprint density at radius 2 is 1.91 bits per heavy atom. The number of carbonyl (C=O) groups excluding carboxylic acids is 2. The number of rotatable bonds is 5. The lowest BCUT2D eigenvalue weighted by Crippen LogP contribution is -2.56. The third-order valence-electron chi connectivity index (χ3n) is 5.99. The maximum Gasteiger partial charge on any atom is 0.408 e. The number of hydrogen-bond donors (Lipinski definition) is 1. The van der Waals surface area contributed by atoms with Crippen molar-refractivity contribution in [2.75, 3.05) is 25.1 Å². The number of alkyl carbamates (subject to hydrolysis) is 1. The van der Waals surface area contributed by atoms with Crippen LogP contribution in [-0.4, -0.2) is 53.2 Å². The number of anilines is 1. The SMILES string of the molecule is CCn1cc2c(N3CCC(CC)(NC(=O)OC(C)(C)C)CC3)cc(F)c(C(=O)OC)c2n1. The van der Waals surface area contributed by atoms with Gasteiger partial charge >= 0.3 is 12.1 Å². The number of halogens is 1. The lowest BCUT2D eigenvalue weighted by molar-refractivity contribution is 0.0430. The molecular formula is C23H33FN4O4. The van der Waals surface area contributed by atoms with Gasteiger partial charge in [-0.2, -0.15) is 5.10 Å². The van der Waals surface area contributed by atoms with Gasteiger partial charge in [0.15, 0.2) is 0 Å². The standard InChI is InChI=1S/C23H33FN4O4/c1-7-23(25-21(30)32-22(3,4)5)9-11-27(12-10-23)17-13-16(24)18(20(29)31-6)19-15(17)14-28(8-2)26-19/h13-14H,7-12H2,1-6H3,(H,25,30). The van der Waals surface area contributed by atoms with Crippen LogP contribution in [0.25, 0.3) is 10.9 Å². The van der Waals surface area contributed by atoms with Gasteiger partial charge in [-0.05, 0) is 53.0 Å². The predicted molar refractivity (Wildman–Crippen MR) is 121 cm³/mol. The molecule has 1 amide bonds. The van der Waals surface area contributed by atoms with Gasteiger partial charge in [-0.15, -0.1) is 0 Å². The number of amides is 1. The smallest absolute Gasteiger partial charge is 0.408 e. The molecule has 0 radical (unpaired) electrons. The van der Waals surface area contributed by atoms with E-state index in [0.717, 1.165) is 6.42 Å². The van der Waals surface area contributed by atoms with E-state index in [4.69, 9.17) is 9.47 Å². The lowest BCUT2D eigenvalue weighted by Gasteiger charge is -2.43. The number of esters is 1. The Bertz CT molecular complexity index is 1000. The third kappa shape index (κ3) is 4.81. The minimum absolute atomic E-state index is 0.148. The van der Waals surface area contributed by atoms with Crippen LogP contribution in [0.5, 0.6) is 0 Å². The fraction of sp³-hybridized carbons (Fsp3) is 0.609. The average molecular weight is 449 g/mol. The third-order valence-corrected chi connectivity index (χ3v) is 5.99. The van der Waals surface area contributed by atoms with E-state index in [1.807, 2.05) is 40.8 Å². The minimum Gasteiger partial charge on any atom is -0.465 e. The van der Waals surface area contributed by atoms with Gasteiger partial charge in [-0.25, -0.2) is 14.0 Å². The van der Waals surface area contributed by atoms with Crippen molar-refractivity contribution in [3.05, 3.63) is 23.6 Å². The van der Waals surface area contributed by atoms with Gasteiger partial charge in [0.25, 0.3) is 0 Å². The van der Waals surface area contributed by atoms with Crippen LogP contribution in [0.4, 0.5) is 14.9 Å². The van der Waals surface area contributed by atoms with Crippen LogP contribution in [0, 0.1) is 5.82 Å². The molecule has 1 aliphatic heterocycles. The summed E-state index contributed by atoms with van der Waals surface area (Å²) in [6.07, 6.45) is 3.54. The van der Waals surface area contributed by atoms with Crippen LogP contribution < -0.4 is 10.2 Å². The van der Waals surface area contributed by atoms with E-state index in [0.29, 0.717) is 49.1 Å². The first-order valence-electron chi connectivity index (χ1n) is 11.1. The van der Waals surface area contributed by atoms with E-state index < -0.39 is 23.5 Å². The Hall–Kier alpha value is -2.84. The molecule has 176 valence electrons. The first-order valence-corrected chi connectivity index (χ1v) is 11.1. The lowest BCUT2D eigenvalue weighted by atomic mass is 9.84. The van der Waals surface area contributed by atoms with Gasteiger partial charge in [0.2, 0.25) is 0 Å². The molecule has 0 spiro atoms. The second-order valence-corrected chi connectivity index (χ2v) is 9.24. The molecule has 0 atom stereocenters. The highest BCUT2D eigenvalue weighted by Crippen LogP contribution is 2.35. The van der Waals surface area contributed by atoms with Crippen molar-refractivity contribution in [2.24, 2.45) is 0 Å². The molecule has 32 heavy (non-hydrogen) atoms. The van der Waals surface area contributed by atoms with E-state index in [2.05, 4.69) is 15.3 Å². The van der Waals surface area contributed by atoms with Crippen LogP contribution in [0.1, 0.15) is 64.2 Å². The number of aryl methyl sites for hydroxylation is 1. The number of piperidine rings is 1. The van der Waals surface area contributed by atoms with Crippen LogP contribution in [-0.2, 0) is 16.0 Å². The number of carbonyl (C=O) groups is 2. The maximum absolute atomic E-state index is 15.0. The molecule has 0 saturated carbocycles. The van der Waals surface area contributed by atoms with Crippen molar-refractivity contribution in [3.8, 4) is 0 Å². The monoisotopic (exact) mass is 448 g/mol. The van der Waals surface area contributed by atoms with Gasteiger partial charge < -0.3 is 19.7 Å². The Morgan fingerprint density at radius 1 is 1.25 bits per heavy atom. The normalized spacial score (nSPS) is 16.2. The maximum atomic E-state index is 15.0. The summed E-state index contributed by atoms with van der Waals surface area (Å²) in [5, 5.41) is 8.18. The molecule has 3 rings (SSSR count). The summed E-state index contributed by atoms with van der Waals surface area (Å²) in [5.74, 6) is -1.40. The summed E-state index contributed by atoms with van der Waals surface area (Å²) in [6, 6.07) is 1.39. The first kappa shape index (κ1) is 23.8. The average Bonchev–Trinajstić information content (AvgIpc) is 3.16. The Kier molecular flexibility index (Phi) is 6.67. The predicted octanol–water partition coefficient (Wildman–Crippen LogP) is 4.26. The van der Waals surface area contributed by atoms with E-state index in [-0.39, 0.29) is 11.1 Å². The Labute approximate surface area is 188 Å². The molecular weight excluding hydrogens is 415 g/mol. The minimum atomic E-state index is -0.745. The number of ether oxygens (including phenoxy) is 2. The largest absolute Gasteiger partial charge is 0.465 e. The van der Waals surface area contributed by atoms with Gasteiger partial charge in [0.1, 0.15) is 22.5 Å². The van der Waals surface area contributed by atoms with Crippen LogP contribution in [0.3, 0.4) is 0 Å². The molecule has 9 heteroatoms. The zero-order chi connectivity index (χ0) is 23.7. The summed E-state index contributed by atoms with van der Waals surface area (Å²) < 4.78 is 26.9. The Morgan fingerprint density at radius 3 is 2.44 bits per heavy atom. The zero-order valence-electron chi connectivity index (χ0n) is 19.7. The van der Waals surface area contributed by atoms with Crippen molar-refractivity contribution in [3.63, 3.8) is 0 Å². The van der Waals surface area contributed by atoms with Gasteiger partial charge in [0, 0.05) is 36.8 Å². The molecule has 0 aliphatic carbocycles. The topological polar surface area (TPSA) is 85.7 Å². The van der Waals surface area contributed by atoms with Gasteiger partial charge in [0.05, 0.1) is 12.8 Å². The molecule has 0 bridgehead atoms. The molecule has 1 aromatic heterocycles. The summed E-state index contributed by atoms with van der Waals surface area (Å²) in [5.41, 5.74) is -0.107. The second-order valence-electron chi connectivity index (χ2n) is 9.24.